The molecule has 7 heteroatoms. The molecule has 2 amide bonds. The van der Waals surface area contributed by atoms with E-state index in [2.05, 4.69) is 0 Å². The van der Waals surface area contributed by atoms with Gasteiger partial charge in [0.1, 0.15) is 0 Å². The number of nitrogens with zero attached hydrogens (tertiary/aromatic N) is 2. The van der Waals surface area contributed by atoms with E-state index in [0.29, 0.717) is 38.2 Å². The van der Waals surface area contributed by atoms with Crippen LogP contribution in [0.2, 0.25) is 0 Å². The molecule has 2 rings (SSSR count). The molecule has 0 radical (unpaired) electrons. The second-order valence-electron chi connectivity index (χ2n) is 6.14. The van der Waals surface area contributed by atoms with Crippen molar-refractivity contribution in [3.63, 3.8) is 0 Å². The lowest BCUT2D eigenvalue weighted by molar-refractivity contribution is -0.138. The minimum absolute atomic E-state index is 0.00426. The number of hydrogen-bond donors (Lipinski definition) is 2. The van der Waals surface area contributed by atoms with E-state index in [4.69, 9.17) is 5.11 Å². The molecule has 0 aromatic rings. The van der Waals surface area contributed by atoms with Crippen LogP contribution in [0.3, 0.4) is 0 Å². The maximum absolute atomic E-state index is 12.7. The normalized spacial score (nSPS) is 30.9. The lowest BCUT2D eigenvalue weighted by atomic mass is 9.98. The number of carboxylic acid groups (broad SMARTS) is 1. The molecular formula is C14H24N2O4S. The number of carbonyl (C=O) groups excluding carboxylic acids is 1. The number of thioether (sulfide) groups is 1. The number of likely N-dealkylation sites (tertiary alicyclic amines) is 1. The largest absolute Gasteiger partial charge is 0.481 e. The first-order valence-electron chi connectivity index (χ1n) is 7.46. The van der Waals surface area contributed by atoms with Crippen molar-refractivity contribution in [3.8, 4) is 0 Å². The third kappa shape index (κ3) is 4.51. The molecule has 0 aliphatic carbocycles. The van der Waals surface area contributed by atoms with Crippen molar-refractivity contribution in [1.29, 1.82) is 0 Å². The highest BCUT2D eigenvalue weighted by Crippen LogP contribution is 2.25. The molecule has 0 aromatic carbocycles. The standard InChI is InChI=1S/C14H24N2O4S/c1-14(20)3-2-5-15(6-4-14)13(19)16-7-8-21-10-11(16)9-12(17)18/h11,20H,2-10H2,1H3,(H,17,18). The number of carboxylic acids is 1. The van der Waals surface area contributed by atoms with Gasteiger partial charge in [0.2, 0.25) is 0 Å². The summed E-state index contributed by atoms with van der Waals surface area (Å²) in [6.45, 7) is 3.59. The van der Waals surface area contributed by atoms with Gasteiger partial charge in [0.25, 0.3) is 0 Å². The van der Waals surface area contributed by atoms with Crippen LogP contribution in [0.15, 0.2) is 0 Å². The molecule has 2 saturated heterocycles. The number of hydrogen-bond acceptors (Lipinski definition) is 4. The number of amides is 2. The van der Waals surface area contributed by atoms with Gasteiger partial charge in [-0.1, -0.05) is 0 Å². The Balaban J connectivity index is 2.01. The van der Waals surface area contributed by atoms with Crippen molar-refractivity contribution in [3.05, 3.63) is 0 Å². The smallest absolute Gasteiger partial charge is 0.320 e. The molecule has 21 heavy (non-hydrogen) atoms. The zero-order valence-corrected chi connectivity index (χ0v) is 13.3. The van der Waals surface area contributed by atoms with Gasteiger partial charge in [-0.2, -0.15) is 11.8 Å². The summed E-state index contributed by atoms with van der Waals surface area (Å²) in [4.78, 5) is 27.1. The quantitative estimate of drug-likeness (QED) is 0.801. The predicted octanol–water partition coefficient (Wildman–Crippen LogP) is 1.24. The van der Waals surface area contributed by atoms with Gasteiger partial charge in [0.05, 0.1) is 18.1 Å². The van der Waals surface area contributed by atoms with Crippen molar-refractivity contribution in [2.24, 2.45) is 0 Å². The van der Waals surface area contributed by atoms with Crippen LogP contribution in [-0.2, 0) is 4.79 Å². The summed E-state index contributed by atoms with van der Waals surface area (Å²) in [6, 6.07) is -0.295. The Morgan fingerprint density at radius 3 is 2.76 bits per heavy atom. The zero-order chi connectivity index (χ0) is 15.5. The SMILES string of the molecule is CC1(O)CCCN(C(=O)N2CCSCC2CC(=O)O)CC1. The van der Waals surface area contributed by atoms with E-state index in [0.717, 1.165) is 12.2 Å². The van der Waals surface area contributed by atoms with Gasteiger partial charge >= 0.3 is 12.0 Å². The van der Waals surface area contributed by atoms with Gasteiger partial charge in [-0.15, -0.1) is 0 Å². The van der Waals surface area contributed by atoms with Crippen LogP contribution in [0.5, 0.6) is 0 Å². The van der Waals surface area contributed by atoms with E-state index in [1.54, 1.807) is 21.6 Å². The van der Waals surface area contributed by atoms with Crippen molar-refractivity contribution in [2.75, 3.05) is 31.1 Å². The van der Waals surface area contributed by atoms with Crippen LogP contribution in [0, 0.1) is 0 Å². The highest BCUT2D eigenvalue weighted by molar-refractivity contribution is 7.99. The van der Waals surface area contributed by atoms with Crippen molar-refractivity contribution in [2.45, 2.75) is 44.2 Å². The number of carbonyl (C=O) groups is 2. The third-order valence-corrected chi connectivity index (χ3v) is 5.31. The molecule has 2 heterocycles. The Bertz CT molecular complexity index is 402. The van der Waals surface area contributed by atoms with Gasteiger partial charge in [-0.05, 0) is 26.2 Å². The van der Waals surface area contributed by atoms with E-state index in [1.807, 2.05) is 6.92 Å². The fourth-order valence-corrected chi connectivity index (χ4v) is 3.98. The third-order valence-electron chi connectivity index (χ3n) is 4.22. The van der Waals surface area contributed by atoms with E-state index < -0.39 is 11.6 Å². The highest BCUT2D eigenvalue weighted by Gasteiger charge is 2.34. The number of rotatable bonds is 2. The molecule has 0 spiro atoms. The maximum Gasteiger partial charge on any atom is 0.320 e. The first-order valence-corrected chi connectivity index (χ1v) is 8.62. The van der Waals surface area contributed by atoms with Crippen LogP contribution in [0.1, 0.15) is 32.6 Å². The van der Waals surface area contributed by atoms with Crippen LogP contribution >= 0.6 is 11.8 Å². The van der Waals surface area contributed by atoms with Gasteiger partial charge in [-0.3, -0.25) is 4.79 Å². The maximum atomic E-state index is 12.7. The Hall–Kier alpha value is -0.950. The fraction of sp³-hybridized carbons (Fsp3) is 0.857. The Morgan fingerprint density at radius 1 is 1.29 bits per heavy atom. The summed E-state index contributed by atoms with van der Waals surface area (Å²) in [7, 11) is 0. The number of aliphatic hydroxyl groups is 1. The first kappa shape index (κ1) is 16.4. The number of urea groups is 1. The van der Waals surface area contributed by atoms with Crippen molar-refractivity contribution >= 4 is 23.8 Å². The van der Waals surface area contributed by atoms with Gasteiger partial charge in [0.15, 0.2) is 0 Å². The van der Waals surface area contributed by atoms with Crippen LogP contribution < -0.4 is 0 Å². The van der Waals surface area contributed by atoms with E-state index in [9.17, 15) is 14.7 Å². The van der Waals surface area contributed by atoms with E-state index in [-0.39, 0.29) is 18.5 Å². The lowest BCUT2D eigenvalue weighted by Gasteiger charge is -2.38. The zero-order valence-electron chi connectivity index (χ0n) is 12.5. The van der Waals surface area contributed by atoms with E-state index >= 15 is 0 Å². The molecule has 0 aromatic heterocycles. The fourth-order valence-electron chi connectivity index (χ4n) is 2.91. The van der Waals surface area contributed by atoms with Crippen molar-refractivity contribution < 1.29 is 19.8 Å². The van der Waals surface area contributed by atoms with Crippen LogP contribution in [-0.4, -0.2) is 74.8 Å². The lowest BCUT2D eigenvalue weighted by Crippen LogP contribution is -2.52. The molecule has 2 aliphatic rings. The molecule has 2 N–H and O–H groups in total. The molecule has 2 unspecified atom stereocenters. The van der Waals surface area contributed by atoms with E-state index in [1.165, 1.54) is 0 Å². The predicted molar refractivity (Wildman–Crippen MR) is 81.5 cm³/mol. The average Bonchev–Trinajstić information content (AvgIpc) is 2.59. The van der Waals surface area contributed by atoms with Gasteiger partial charge in [0, 0.05) is 31.1 Å². The molecule has 0 saturated carbocycles. The van der Waals surface area contributed by atoms with Gasteiger partial charge in [-0.25, -0.2) is 4.79 Å². The second kappa shape index (κ2) is 6.87. The van der Waals surface area contributed by atoms with Crippen LogP contribution in [0.4, 0.5) is 4.79 Å². The summed E-state index contributed by atoms with van der Waals surface area (Å²) in [6.07, 6.45) is 2.06. The second-order valence-corrected chi connectivity index (χ2v) is 7.29. The molecule has 0 bridgehead atoms. The minimum atomic E-state index is -0.862. The van der Waals surface area contributed by atoms with Crippen LogP contribution in [0.25, 0.3) is 0 Å². The summed E-state index contributed by atoms with van der Waals surface area (Å²) in [5.41, 5.74) is -0.701. The summed E-state index contributed by atoms with van der Waals surface area (Å²) in [5.74, 6) is 0.677. The topological polar surface area (TPSA) is 81.1 Å². The Kier molecular flexibility index (Phi) is 5.37. The molecule has 6 nitrogen and oxygen atoms in total. The summed E-state index contributed by atoms with van der Waals surface area (Å²) < 4.78 is 0. The molecule has 120 valence electrons. The minimum Gasteiger partial charge on any atom is -0.481 e. The molecule has 2 aliphatic heterocycles. The summed E-state index contributed by atoms with van der Waals surface area (Å²) >= 11 is 1.70. The first-order chi connectivity index (χ1) is 9.89. The van der Waals surface area contributed by atoms with Gasteiger partial charge < -0.3 is 20.0 Å². The Labute approximate surface area is 129 Å². The van der Waals surface area contributed by atoms with Crippen molar-refractivity contribution in [1.82, 2.24) is 9.80 Å². The monoisotopic (exact) mass is 316 g/mol. The Morgan fingerprint density at radius 2 is 2.05 bits per heavy atom. The molecule has 2 fully saturated rings. The molecule has 2 atom stereocenters. The summed E-state index contributed by atoms with van der Waals surface area (Å²) in [5, 5.41) is 19.1. The number of aliphatic carboxylic acids is 1. The highest BCUT2D eigenvalue weighted by atomic mass is 32.2. The molecular weight excluding hydrogens is 292 g/mol. The average molecular weight is 316 g/mol.